The Labute approximate surface area is 354 Å². The third-order valence-electron chi connectivity index (χ3n) is 8.31. The van der Waals surface area contributed by atoms with Crippen LogP contribution in [0.5, 0.6) is 11.5 Å². The van der Waals surface area contributed by atoms with Crippen LogP contribution in [0.4, 0.5) is 34.1 Å². The number of phenolic OH excluding ortho intramolecular Hbond substituents is 2. The maximum Gasteiger partial charge on any atom is 2.00 e. The van der Waals surface area contributed by atoms with Crippen molar-refractivity contribution in [3.63, 3.8) is 0 Å². The number of azo groups is 2. The summed E-state index contributed by atoms with van der Waals surface area (Å²) in [6.07, 6.45) is 0.884. The summed E-state index contributed by atoms with van der Waals surface area (Å²) in [6, 6.07) is 22.4. The molecule has 6 rings (SSSR count). The molecule has 0 saturated carbocycles. The summed E-state index contributed by atoms with van der Waals surface area (Å²) in [7, 11) is -9.71. The van der Waals surface area contributed by atoms with Crippen molar-refractivity contribution in [2.45, 2.75) is 36.5 Å². The summed E-state index contributed by atoms with van der Waals surface area (Å²) in [5, 5.41) is 59.1. The summed E-state index contributed by atoms with van der Waals surface area (Å²) in [5.41, 5.74) is 0.0193. The molecule has 6 aromatic carbocycles. The Morgan fingerprint density at radius 2 is 0.860 bits per heavy atom. The fraction of sp³-hybridized carbons (Fsp3) is 0.111. The van der Waals surface area contributed by atoms with E-state index >= 15 is 0 Å². The normalized spacial score (nSPS) is 11.7. The first-order valence-electron chi connectivity index (χ1n) is 16.2. The molecular weight excluding hydrogens is 813 g/mol. The fourth-order valence-electron chi connectivity index (χ4n) is 5.70. The van der Waals surface area contributed by atoms with E-state index in [2.05, 4.69) is 20.5 Å². The SMILES string of the molecule is CCc1cccc([N+](=O)[O-])c1N=Nc1c(O)ccc2cccc(S(=O)(=O)[O-])c12.CCc1cccc([N+](=O)[O-])c1N=Nc1c(O)ccc2cccc(S(=O)(=O)[O-])c12.[Ca+2]. The predicted octanol–water partition coefficient (Wildman–Crippen LogP) is 8.29. The molecule has 288 valence electrons. The quantitative estimate of drug-likeness (QED) is 0.0433. The number of fused-ring (bicyclic) bond motifs is 2. The van der Waals surface area contributed by atoms with Crippen LogP contribution >= 0.6 is 0 Å². The van der Waals surface area contributed by atoms with Crippen LogP contribution in [-0.4, -0.2) is 83.7 Å². The summed E-state index contributed by atoms with van der Waals surface area (Å²) >= 11 is 0. The maximum absolute atomic E-state index is 11.6. The molecule has 21 heteroatoms. The topological polar surface area (TPSA) is 291 Å². The number of benzene rings is 6. The molecule has 0 saturated heterocycles. The molecule has 0 aliphatic rings. The molecule has 2 N–H and O–H groups in total. The molecule has 0 aliphatic heterocycles. The van der Waals surface area contributed by atoms with E-state index in [1.165, 1.54) is 60.7 Å². The third-order valence-corrected chi connectivity index (χ3v) is 10.1. The van der Waals surface area contributed by atoms with E-state index < -0.39 is 51.4 Å². The molecule has 0 amide bonds. The van der Waals surface area contributed by atoms with E-state index in [0.717, 1.165) is 12.1 Å². The van der Waals surface area contributed by atoms with E-state index in [-0.39, 0.29) is 82.6 Å². The van der Waals surface area contributed by atoms with Gasteiger partial charge in [-0.15, -0.1) is 20.5 Å². The minimum absolute atomic E-state index is 0. The standard InChI is InChI=1S/2C18H15N3O6S.Ca/c2*1-2-11-5-3-7-13(21(23)24)17(11)19-20-18-14(22)10-9-12-6-4-8-15(16(12)18)28(25,26)27;/h2*3-10,22H,2H2,1H3,(H,25,26,27);/q;;+2/p-2. The summed E-state index contributed by atoms with van der Waals surface area (Å²) in [5.74, 6) is -0.826. The van der Waals surface area contributed by atoms with Gasteiger partial charge >= 0.3 is 37.7 Å². The zero-order valence-corrected chi connectivity index (χ0v) is 33.7. The minimum Gasteiger partial charge on any atom is -0.744 e. The van der Waals surface area contributed by atoms with Crippen LogP contribution in [0.3, 0.4) is 0 Å². The van der Waals surface area contributed by atoms with E-state index in [4.69, 9.17) is 0 Å². The zero-order valence-electron chi connectivity index (χ0n) is 29.8. The Balaban J connectivity index is 0.000000248. The maximum atomic E-state index is 11.6. The largest absolute Gasteiger partial charge is 2.00 e. The molecule has 0 aliphatic carbocycles. The van der Waals surface area contributed by atoms with Crippen molar-refractivity contribution in [3.05, 3.63) is 128 Å². The molecule has 0 radical (unpaired) electrons. The Morgan fingerprint density at radius 1 is 0.526 bits per heavy atom. The van der Waals surface area contributed by atoms with Gasteiger partial charge in [0.05, 0.1) is 19.6 Å². The number of hydrogen-bond acceptors (Lipinski definition) is 16. The van der Waals surface area contributed by atoms with E-state index in [0.29, 0.717) is 34.7 Å². The smallest absolute Gasteiger partial charge is 0.744 e. The molecular formula is C36H28CaN6O12S2. The molecule has 0 fully saturated rings. The van der Waals surface area contributed by atoms with Gasteiger partial charge in [0.1, 0.15) is 43.1 Å². The van der Waals surface area contributed by atoms with Crippen LogP contribution in [-0.2, 0) is 33.1 Å². The van der Waals surface area contributed by atoms with Crippen LogP contribution in [0.25, 0.3) is 21.5 Å². The van der Waals surface area contributed by atoms with Crippen LogP contribution in [0.1, 0.15) is 25.0 Å². The molecule has 6 aromatic rings. The number of nitro groups is 2. The first kappa shape index (κ1) is 44.2. The van der Waals surface area contributed by atoms with Gasteiger partial charge in [-0.25, -0.2) is 16.8 Å². The van der Waals surface area contributed by atoms with Crippen molar-refractivity contribution in [1.29, 1.82) is 0 Å². The predicted molar refractivity (Wildman–Crippen MR) is 206 cm³/mol. The molecule has 57 heavy (non-hydrogen) atoms. The van der Waals surface area contributed by atoms with Crippen molar-refractivity contribution in [2.24, 2.45) is 20.5 Å². The van der Waals surface area contributed by atoms with Gasteiger partial charge in [-0.2, -0.15) is 0 Å². The van der Waals surface area contributed by atoms with Crippen LogP contribution in [0.15, 0.2) is 127 Å². The number of nitro benzene ring substituents is 2. The molecule has 0 aromatic heterocycles. The van der Waals surface area contributed by atoms with Gasteiger partial charge in [-0.05, 0) is 59.0 Å². The number of rotatable bonds is 10. The number of phenols is 2. The number of aryl methyl sites for hydroxylation is 2. The van der Waals surface area contributed by atoms with Gasteiger partial charge < -0.3 is 19.3 Å². The Hall–Kier alpha value is -5.48. The third kappa shape index (κ3) is 9.74. The number of aromatic hydroxyl groups is 2. The first-order valence-corrected chi connectivity index (χ1v) is 19.1. The molecule has 0 heterocycles. The van der Waals surface area contributed by atoms with Crippen molar-refractivity contribution in [1.82, 2.24) is 0 Å². The molecule has 0 spiro atoms. The molecule has 0 atom stereocenters. The molecule has 0 bridgehead atoms. The van der Waals surface area contributed by atoms with Gasteiger partial charge in [0.15, 0.2) is 11.4 Å². The van der Waals surface area contributed by atoms with Crippen LogP contribution in [0, 0.1) is 20.2 Å². The number of nitrogens with zero attached hydrogens (tertiary/aromatic N) is 6. The average Bonchev–Trinajstić information content (AvgIpc) is 3.15. The fourth-order valence-corrected chi connectivity index (χ4v) is 7.12. The van der Waals surface area contributed by atoms with Gasteiger partial charge in [0.2, 0.25) is 0 Å². The second-order valence-electron chi connectivity index (χ2n) is 11.7. The van der Waals surface area contributed by atoms with E-state index in [9.17, 15) is 56.4 Å². The molecule has 18 nitrogen and oxygen atoms in total. The van der Waals surface area contributed by atoms with Crippen LogP contribution < -0.4 is 0 Å². The molecule has 0 unspecified atom stereocenters. The second kappa shape index (κ2) is 18.2. The van der Waals surface area contributed by atoms with Crippen molar-refractivity contribution < 1.29 is 46.0 Å². The van der Waals surface area contributed by atoms with E-state index in [1.54, 1.807) is 38.1 Å². The summed E-state index contributed by atoms with van der Waals surface area (Å²) in [4.78, 5) is 20.3. The van der Waals surface area contributed by atoms with E-state index in [1.807, 2.05) is 0 Å². The van der Waals surface area contributed by atoms with Gasteiger partial charge in [-0.1, -0.05) is 74.5 Å². The average molecular weight is 841 g/mol. The van der Waals surface area contributed by atoms with Crippen molar-refractivity contribution in [2.75, 3.05) is 0 Å². The summed E-state index contributed by atoms with van der Waals surface area (Å²) < 4.78 is 69.8. The second-order valence-corrected chi connectivity index (χ2v) is 14.4. The van der Waals surface area contributed by atoms with Gasteiger partial charge in [0.25, 0.3) is 11.4 Å². The van der Waals surface area contributed by atoms with Crippen molar-refractivity contribution >= 4 is 114 Å². The number of hydrogen-bond donors (Lipinski definition) is 2. The summed E-state index contributed by atoms with van der Waals surface area (Å²) in [6.45, 7) is 3.57. The zero-order chi connectivity index (χ0) is 40.9. The van der Waals surface area contributed by atoms with Gasteiger partial charge in [0, 0.05) is 22.9 Å². The van der Waals surface area contributed by atoms with Crippen molar-refractivity contribution in [3.8, 4) is 11.5 Å². The minimum atomic E-state index is -4.86. The van der Waals surface area contributed by atoms with Crippen LogP contribution in [0.2, 0.25) is 0 Å². The monoisotopic (exact) mass is 840 g/mol. The first-order chi connectivity index (χ1) is 26.5. The Kier molecular flexibility index (Phi) is 14.1. The van der Waals surface area contributed by atoms with Gasteiger partial charge in [-0.3, -0.25) is 20.2 Å². The Morgan fingerprint density at radius 3 is 1.18 bits per heavy atom. The Bertz CT molecular complexity index is 2640.